The lowest BCUT2D eigenvalue weighted by atomic mass is 9.78. The summed E-state index contributed by atoms with van der Waals surface area (Å²) in [7, 11) is 2.20. The molecule has 2 rings (SSSR count). The normalized spacial score (nSPS) is 30.8. The molecule has 3 heteroatoms. The Kier molecular flexibility index (Phi) is 2.35. The van der Waals surface area contributed by atoms with Crippen LogP contribution in [0.3, 0.4) is 0 Å². The smallest absolute Gasteiger partial charge is 0.0965 e. The second-order valence-electron chi connectivity index (χ2n) is 4.22. The molecule has 3 nitrogen and oxygen atoms in total. The lowest BCUT2D eigenvalue weighted by Gasteiger charge is -2.43. The lowest BCUT2D eigenvalue weighted by molar-refractivity contribution is -0.0405. The Morgan fingerprint density at radius 2 is 2.08 bits per heavy atom. The van der Waals surface area contributed by atoms with Crippen LogP contribution in [0.15, 0.2) is 0 Å². The van der Waals surface area contributed by atoms with E-state index in [0.717, 1.165) is 19.9 Å². The highest BCUT2D eigenvalue weighted by molar-refractivity contribution is 4.88. The van der Waals surface area contributed by atoms with Gasteiger partial charge in [-0.2, -0.15) is 0 Å². The third kappa shape index (κ3) is 1.63. The summed E-state index contributed by atoms with van der Waals surface area (Å²) in [4.78, 5) is 2.40. The van der Waals surface area contributed by atoms with Crippen molar-refractivity contribution in [3.8, 4) is 0 Å². The van der Waals surface area contributed by atoms with Crippen LogP contribution in [0, 0.1) is 5.41 Å². The highest BCUT2D eigenvalue weighted by Crippen LogP contribution is 2.31. The number of ether oxygens (including phenoxy) is 1. The minimum absolute atomic E-state index is 0.463. The topological polar surface area (TPSA) is 24.5 Å². The highest BCUT2D eigenvalue weighted by Gasteiger charge is 2.35. The van der Waals surface area contributed by atoms with Crippen LogP contribution >= 0.6 is 0 Å². The largest absolute Gasteiger partial charge is 0.366 e. The zero-order valence-corrected chi connectivity index (χ0v) is 7.81. The van der Waals surface area contributed by atoms with E-state index in [-0.39, 0.29) is 0 Å². The molecule has 2 fully saturated rings. The first-order valence-corrected chi connectivity index (χ1v) is 4.78. The van der Waals surface area contributed by atoms with Crippen LogP contribution in [0.4, 0.5) is 0 Å². The van der Waals surface area contributed by atoms with E-state index in [1.165, 1.54) is 25.9 Å². The summed E-state index contributed by atoms with van der Waals surface area (Å²) in [6.07, 6.45) is 2.58. The number of rotatable bonds is 0. The molecule has 0 aliphatic carbocycles. The Hall–Kier alpha value is -0.120. The highest BCUT2D eigenvalue weighted by atomic mass is 16.5. The van der Waals surface area contributed by atoms with Crippen LogP contribution in [-0.2, 0) is 4.74 Å². The Labute approximate surface area is 74.1 Å². The molecule has 1 N–H and O–H groups in total. The van der Waals surface area contributed by atoms with E-state index >= 15 is 0 Å². The summed E-state index contributed by atoms with van der Waals surface area (Å²) in [5, 5.41) is 3.32. The number of likely N-dealkylation sites (tertiary alicyclic amines) is 1. The molecule has 0 saturated carbocycles. The van der Waals surface area contributed by atoms with Gasteiger partial charge in [-0.15, -0.1) is 0 Å². The van der Waals surface area contributed by atoms with Gasteiger partial charge in [0, 0.05) is 12.0 Å². The molecule has 0 aromatic heterocycles. The van der Waals surface area contributed by atoms with Gasteiger partial charge in [0.2, 0.25) is 0 Å². The van der Waals surface area contributed by atoms with Gasteiger partial charge in [-0.25, -0.2) is 0 Å². The third-order valence-electron chi connectivity index (χ3n) is 3.16. The van der Waals surface area contributed by atoms with Crippen molar-refractivity contribution in [2.24, 2.45) is 5.41 Å². The van der Waals surface area contributed by atoms with Gasteiger partial charge in [-0.1, -0.05) is 0 Å². The molecule has 2 aliphatic heterocycles. The van der Waals surface area contributed by atoms with Crippen LogP contribution in [0.25, 0.3) is 0 Å². The minimum Gasteiger partial charge on any atom is -0.366 e. The van der Waals surface area contributed by atoms with Crippen molar-refractivity contribution in [1.29, 1.82) is 0 Å². The Morgan fingerprint density at radius 3 is 2.67 bits per heavy atom. The van der Waals surface area contributed by atoms with E-state index in [1.807, 2.05) is 0 Å². The Balaban J connectivity index is 1.92. The van der Waals surface area contributed by atoms with Crippen molar-refractivity contribution in [3.05, 3.63) is 0 Å². The first-order valence-electron chi connectivity index (χ1n) is 4.78. The van der Waals surface area contributed by atoms with Crippen LogP contribution < -0.4 is 5.32 Å². The molecule has 0 aromatic rings. The number of piperidine rings is 1. The molecular formula is C9H18N2O. The molecule has 0 bridgehead atoms. The van der Waals surface area contributed by atoms with Gasteiger partial charge in [0.25, 0.3) is 0 Å². The summed E-state index contributed by atoms with van der Waals surface area (Å²) >= 11 is 0. The van der Waals surface area contributed by atoms with Gasteiger partial charge in [0.05, 0.1) is 13.3 Å². The van der Waals surface area contributed by atoms with E-state index in [1.54, 1.807) is 0 Å². The summed E-state index contributed by atoms with van der Waals surface area (Å²) < 4.78 is 5.47. The maximum absolute atomic E-state index is 5.47. The first-order chi connectivity index (χ1) is 5.81. The molecule has 1 spiro atoms. The molecule has 0 unspecified atom stereocenters. The number of nitrogens with one attached hydrogen (secondary N) is 1. The zero-order valence-electron chi connectivity index (χ0n) is 7.81. The van der Waals surface area contributed by atoms with E-state index in [9.17, 15) is 0 Å². The standard InChI is InChI=1S/C9H18N2O/c1-11-4-2-9(3-5-11)6-10-8-12-7-9/h10H,2-8H2,1H3. The van der Waals surface area contributed by atoms with Gasteiger partial charge in [-0.3, -0.25) is 5.32 Å². The predicted molar refractivity (Wildman–Crippen MR) is 48.0 cm³/mol. The van der Waals surface area contributed by atoms with Gasteiger partial charge in [-0.05, 0) is 33.0 Å². The molecule has 0 atom stereocenters. The van der Waals surface area contributed by atoms with E-state index in [0.29, 0.717) is 5.41 Å². The lowest BCUT2D eigenvalue weighted by Crippen LogP contribution is -2.50. The molecule has 0 aromatic carbocycles. The second kappa shape index (κ2) is 3.32. The zero-order chi connectivity index (χ0) is 8.44. The molecule has 12 heavy (non-hydrogen) atoms. The number of hydrogen-bond donors (Lipinski definition) is 1. The quantitative estimate of drug-likeness (QED) is 0.565. The molecule has 2 aliphatic rings. The third-order valence-corrected chi connectivity index (χ3v) is 3.16. The van der Waals surface area contributed by atoms with Crippen molar-refractivity contribution < 1.29 is 4.74 Å². The van der Waals surface area contributed by atoms with Crippen LogP contribution in [0.2, 0.25) is 0 Å². The Morgan fingerprint density at radius 1 is 1.33 bits per heavy atom. The first kappa shape index (κ1) is 8.48. The van der Waals surface area contributed by atoms with Crippen LogP contribution in [0.1, 0.15) is 12.8 Å². The summed E-state index contributed by atoms with van der Waals surface area (Å²) in [6.45, 7) is 5.32. The van der Waals surface area contributed by atoms with Crippen molar-refractivity contribution in [2.45, 2.75) is 12.8 Å². The van der Waals surface area contributed by atoms with Gasteiger partial charge in [0.15, 0.2) is 0 Å². The average Bonchev–Trinajstić information content (AvgIpc) is 2.13. The van der Waals surface area contributed by atoms with Crippen LogP contribution in [-0.4, -0.2) is 44.9 Å². The maximum atomic E-state index is 5.47. The molecule has 2 saturated heterocycles. The van der Waals surface area contributed by atoms with Gasteiger partial charge < -0.3 is 9.64 Å². The van der Waals surface area contributed by atoms with Crippen LogP contribution in [0.5, 0.6) is 0 Å². The van der Waals surface area contributed by atoms with E-state index in [2.05, 4.69) is 17.3 Å². The maximum Gasteiger partial charge on any atom is 0.0965 e. The van der Waals surface area contributed by atoms with Crippen molar-refractivity contribution in [3.63, 3.8) is 0 Å². The Bertz CT molecular complexity index is 145. The summed E-state index contributed by atoms with van der Waals surface area (Å²) in [5.74, 6) is 0. The molecule has 2 heterocycles. The van der Waals surface area contributed by atoms with E-state index < -0.39 is 0 Å². The minimum atomic E-state index is 0.463. The number of nitrogens with zero attached hydrogens (tertiary/aromatic N) is 1. The van der Waals surface area contributed by atoms with Crippen molar-refractivity contribution in [2.75, 3.05) is 40.0 Å². The fraction of sp³-hybridized carbons (Fsp3) is 1.00. The van der Waals surface area contributed by atoms with Gasteiger partial charge in [0.1, 0.15) is 0 Å². The average molecular weight is 170 g/mol. The summed E-state index contributed by atoms with van der Waals surface area (Å²) in [5.41, 5.74) is 0.463. The monoisotopic (exact) mass is 170 g/mol. The fourth-order valence-electron chi connectivity index (χ4n) is 2.12. The number of hydrogen-bond acceptors (Lipinski definition) is 3. The second-order valence-corrected chi connectivity index (χ2v) is 4.22. The fourth-order valence-corrected chi connectivity index (χ4v) is 2.12. The predicted octanol–water partition coefficient (Wildman–Crippen LogP) is 0.276. The molecule has 0 radical (unpaired) electrons. The van der Waals surface area contributed by atoms with E-state index in [4.69, 9.17) is 4.74 Å². The molecule has 0 amide bonds. The SMILES string of the molecule is CN1CCC2(CC1)CNCOC2. The molecule has 70 valence electrons. The molecular weight excluding hydrogens is 152 g/mol. The van der Waals surface area contributed by atoms with Crippen molar-refractivity contribution in [1.82, 2.24) is 10.2 Å². The summed E-state index contributed by atoms with van der Waals surface area (Å²) in [6, 6.07) is 0. The van der Waals surface area contributed by atoms with Gasteiger partial charge >= 0.3 is 0 Å². The van der Waals surface area contributed by atoms with Crippen molar-refractivity contribution >= 4 is 0 Å².